The maximum Gasteiger partial charge on any atom is 0.227 e. The van der Waals surface area contributed by atoms with Crippen molar-refractivity contribution in [1.82, 2.24) is 0 Å². The van der Waals surface area contributed by atoms with Crippen molar-refractivity contribution in [2.45, 2.75) is 25.3 Å². The molecule has 1 aromatic carbocycles. The fraction of sp³-hybridized carbons (Fsp3) is 0.417. The van der Waals surface area contributed by atoms with Gasteiger partial charge < -0.3 is 16.2 Å². The Morgan fingerprint density at radius 1 is 1.38 bits per heavy atom. The number of amides is 1. The highest BCUT2D eigenvalue weighted by atomic mass is 16.3. The summed E-state index contributed by atoms with van der Waals surface area (Å²) in [7, 11) is 0. The summed E-state index contributed by atoms with van der Waals surface area (Å²) in [6.45, 7) is 0. The molecule has 2 atom stereocenters. The molecule has 0 heterocycles. The molecule has 2 unspecified atom stereocenters. The summed E-state index contributed by atoms with van der Waals surface area (Å²) in [6, 6.07) is 6.87. The number of para-hydroxylation sites is 2. The lowest BCUT2D eigenvalue weighted by Crippen LogP contribution is -2.23. The topological polar surface area (TPSA) is 75.4 Å². The predicted octanol–water partition coefficient (Wildman–Crippen LogP) is 1.46. The third-order valence-corrected chi connectivity index (χ3v) is 3.01. The van der Waals surface area contributed by atoms with E-state index in [-0.39, 0.29) is 23.6 Å². The maximum absolute atomic E-state index is 11.8. The van der Waals surface area contributed by atoms with Gasteiger partial charge in [-0.3, -0.25) is 4.79 Å². The van der Waals surface area contributed by atoms with Gasteiger partial charge in [-0.1, -0.05) is 12.1 Å². The first-order valence-corrected chi connectivity index (χ1v) is 5.51. The molecule has 1 aliphatic rings. The smallest absolute Gasteiger partial charge is 0.227 e. The minimum Gasteiger partial charge on any atom is -0.506 e. The van der Waals surface area contributed by atoms with Crippen molar-refractivity contribution in [3.05, 3.63) is 24.3 Å². The highest BCUT2D eigenvalue weighted by Gasteiger charge is 2.27. The molecule has 1 aromatic rings. The average Bonchev–Trinajstić information content (AvgIpc) is 2.68. The zero-order chi connectivity index (χ0) is 11.5. The van der Waals surface area contributed by atoms with Gasteiger partial charge in [0.1, 0.15) is 5.75 Å². The van der Waals surface area contributed by atoms with Gasteiger partial charge in [-0.05, 0) is 31.4 Å². The van der Waals surface area contributed by atoms with Gasteiger partial charge >= 0.3 is 0 Å². The molecule has 0 aliphatic heterocycles. The summed E-state index contributed by atoms with van der Waals surface area (Å²) < 4.78 is 0. The number of aromatic hydroxyl groups is 1. The number of benzene rings is 1. The molecule has 4 N–H and O–H groups in total. The summed E-state index contributed by atoms with van der Waals surface area (Å²) in [5.74, 6) is 0.0298. The van der Waals surface area contributed by atoms with Gasteiger partial charge in [0, 0.05) is 12.0 Å². The van der Waals surface area contributed by atoms with E-state index in [4.69, 9.17) is 5.73 Å². The second kappa shape index (κ2) is 4.53. The van der Waals surface area contributed by atoms with Gasteiger partial charge in [0.15, 0.2) is 0 Å². The standard InChI is InChI=1S/C12H16N2O2/c13-9-6-5-8(7-9)12(16)14-10-3-1-2-4-11(10)15/h1-4,8-9,15H,5-7,13H2,(H,14,16). The monoisotopic (exact) mass is 220 g/mol. The molecule has 2 rings (SSSR count). The van der Waals surface area contributed by atoms with E-state index < -0.39 is 0 Å². The van der Waals surface area contributed by atoms with Gasteiger partial charge in [-0.25, -0.2) is 0 Å². The van der Waals surface area contributed by atoms with Crippen LogP contribution in [0.2, 0.25) is 0 Å². The molecule has 0 aromatic heterocycles. The second-order valence-electron chi connectivity index (χ2n) is 4.28. The highest BCUT2D eigenvalue weighted by Crippen LogP contribution is 2.27. The second-order valence-corrected chi connectivity index (χ2v) is 4.28. The Morgan fingerprint density at radius 3 is 2.75 bits per heavy atom. The van der Waals surface area contributed by atoms with E-state index in [0.717, 1.165) is 19.3 Å². The Balaban J connectivity index is 2.00. The lowest BCUT2D eigenvalue weighted by molar-refractivity contribution is -0.119. The van der Waals surface area contributed by atoms with Crippen LogP contribution in [-0.2, 0) is 4.79 Å². The Kier molecular flexibility index (Phi) is 3.10. The highest BCUT2D eigenvalue weighted by molar-refractivity contribution is 5.94. The molecular weight excluding hydrogens is 204 g/mol. The zero-order valence-electron chi connectivity index (χ0n) is 9.02. The molecule has 0 saturated heterocycles. The lowest BCUT2D eigenvalue weighted by atomic mass is 10.1. The number of anilines is 1. The van der Waals surface area contributed by atoms with Gasteiger partial charge in [0.25, 0.3) is 0 Å². The summed E-state index contributed by atoms with van der Waals surface area (Å²) in [6.07, 6.45) is 2.47. The van der Waals surface area contributed by atoms with Gasteiger partial charge in [0.05, 0.1) is 5.69 Å². The number of rotatable bonds is 2. The number of nitrogens with one attached hydrogen (secondary N) is 1. The van der Waals surface area contributed by atoms with Crippen molar-refractivity contribution in [2.24, 2.45) is 11.7 Å². The molecule has 1 fully saturated rings. The van der Waals surface area contributed by atoms with Crippen LogP contribution in [-0.4, -0.2) is 17.1 Å². The van der Waals surface area contributed by atoms with Crippen LogP contribution in [0.4, 0.5) is 5.69 Å². The lowest BCUT2D eigenvalue weighted by Gasteiger charge is -2.11. The molecule has 4 heteroatoms. The number of nitrogens with two attached hydrogens (primary N) is 1. The van der Waals surface area contributed by atoms with Crippen LogP contribution in [0.25, 0.3) is 0 Å². The largest absolute Gasteiger partial charge is 0.506 e. The quantitative estimate of drug-likeness (QED) is 0.660. The number of carbonyl (C=O) groups is 1. The van der Waals surface area contributed by atoms with Gasteiger partial charge in [0.2, 0.25) is 5.91 Å². The van der Waals surface area contributed by atoms with Crippen LogP contribution in [0.1, 0.15) is 19.3 Å². The van der Waals surface area contributed by atoms with E-state index in [1.165, 1.54) is 0 Å². The van der Waals surface area contributed by atoms with E-state index in [0.29, 0.717) is 5.69 Å². The molecule has 1 saturated carbocycles. The predicted molar refractivity (Wildman–Crippen MR) is 62.1 cm³/mol. The third-order valence-electron chi connectivity index (χ3n) is 3.01. The molecule has 1 aliphatic carbocycles. The molecule has 86 valence electrons. The number of phenols is 1. The van der Waals surface area contributed by atoms with Crippen LogP contribution in [0.15, 0.2) is 24.3 Å². The number of hydrogen-bond donors (Lipinski definition) is 3. The normalized spacial score (nSPS) is 24.3. The van der Waals surface area contributed by atoms with Crippen LogP contribution in [0, 0.1) is 5.92 Å². The van der Waals surface area contributed by atoms with Crippen molar-refractivity contribution in [1.29, 1.82) is 0 Å². The van der Waals surface area contributed by atoms with Crippen LogP contribution in [0.5, 0.6) is 5.75 Å². The molecule has 0 bridgehead atoms. The first kappa shape index (κ1) is 11.0. The first-order valence-electron chi connectivity index (χ1n) is 5.51. The van der Waals surface area contributed by atoms with Crippen molar-refractivity contribution in [3.8, 4) is 5.75 Å². The Morgan fingerprint density at radius 2 is 2.12 bits per heavy atom. The summed E-state index contributed by atoms with van der Waals surface area (Å²) in [5.41, 5.74) is 6.22. The van der Waals surface area contributed by atoms with Crippen molar-refractivity contribution >= 4 is 11.6 Å². The molecular formula is C12H16N2O2. The Hall–Kier alpha value is -1.55. The van der Waals surface area contributed by atoms with E-state index >= 15 is 0 Å². The number of hydrogen-bond acceptors (Lipinski definition) is 3. The van der Waals surface area contributed by atoms with E-state index in [1.807, 2.05) is 0 Å². The van der Waals surface area contributed by atoms with Gasteiger partial charge in [-0.2, -0.15) is 0 Å². The van der Waals surface area contributed by atoms with E-state index in [1.54, 1.807) is 24.3 Å². The van der Waals surface area contributed by atoms with Crippen LogP contribution in [0.3, 0.4) is 0 Å². The molecule has 0 radical (unpaired) electrons. The Bertz CT molecular complexity index is 392. The maximum atomic E-state index is 11.8. The van der Waals surface area contributed by atoms with Crippen LogP contribution < -0.4 is 11.1 Å². The van der Waals surface area contributed by atoms with Gasteiger partial charge in [-0.15, -0.1) is 0 Å². The number of carbonyl (C=O) groups excluding carboxylic acids is 1. The van der Waals surface area contributed by atoms with E-state index in [2.05, 4.69) is 5.32 Å². The molecule has 0 spiro atoms. The fourth-order valence-corrected chi connectivity index (χ4v) is 2.07. The van der Waals surface area contributed by atoms with E-state index in [9.17, 15) is 9.90 Å². The first-order chi connectivity index (χ1) is 7.66. The van der Waals surface area contributed by atoms with Crippen molar-refractivity contribution in [2.75, 3.05) is 5.32 Å². The third kappa shape index (κ3) is 2.33. The number of phenolic OH excluding ortho intramolecular Hbond substituents is 1. The minimum absolute atomic E-state index is 0.0189. The molecule has 16 heavy (non-hydrogen) atoms. The summed E-state index contributed by atoms with van der Waals surface area (Å²) in [5, 5.41) is 12.2. The average molecular weight is 220 g/mol. The SMILES string of the molecule is NC1CCC(C(=O)Nc2ccccc2O)C1. The Labute approximate surface area is 94.5 Å². The van der Waals surface area contributed by atoms with Crippen molar-refractivity contribution < 1.29 is 9.90 Å². The fourth-order valence-electron chi connectivity index (χ4n) is 2.07. The van der Waals surface area contributed by atoms with Crippen LogP contribution >= 0.6 is 0 Å². The molecule has 1 amide bonds. The summed E-state index contributed by atoms with van der Waals surface area (Å²) in [4.78, 5) is 11.8. The summed E-state index contributed by atoms with van der Waals surface area (Å²) >= 11 is 0. The van der Waals surface area contributed by atoms with Crippen molar-refractivity contribution in [3.63, 3.8) is 0 Å². The minimum atomic E-state index is -0.0468. The molecule has 4 nitrogen and oxygen atoms in total. The zero-order valence-corrected chi connectivity index (χ0v) is 9.02.